The van der Waals surface area contributed by atoms with Crippen LogP contribution in [0.4, 0.5) is 0 Å². The average molecular weight is 187 g/mol. The second kappa shape index (κ2) is 6.11. The maximum absolute atomic E-state index is 10.9. The van der Waals surface area contributed by atoms with Gasteiger partial charge in [-0.15, -0.1) is 0 Å². The lowest BCUT2D eigenvalue weighted by Gasteiger charge is -2.30. The van der Waals surface area contributed by atoms with Crippen molar-refractivity contribution in [3.05, 3.63) is 0 Å². The fraction of sp³-hybridized carbons (Fsp3) is 0.900. The number of rotatable bonds is 7. The summed E-state index contributed by atoms with van der Waals surface area (Å²) >= 11 is 0. The largest absolute Gasteiger partial charge is 0.395 e. The number of hydrogen-bond acceptors (Lipinski definition) is 3. The van der Waals surface area contributed by atoms with E-state index in [9.17, 15) is 4.79 Å². The monoisotopic (exact) mass is 187 g/mol. The zero-order chi connectivity index (χ0) is 10.3. The highest BCUT2D eigenvalue weighted by atomic mass is 16.3. The van der Waals surface area contributed by atoms with Crippen molar-refractivity contribution in [1.29, 1.82) is 0 Å². The van der Waals surface area contributed by atoms with Crippen LogP contribution in [0, 0.1) is 5.41 Å². The molecule has 3 heteroatoms. The molecule has 0 aliphatic heterocycles. The van der Waals surface area contributed by atoms with Gasteiger partial charge in [0.15, 0.2) is 0 Å². The summed E-state index contributed by atoms with van der Waals surface area (Å²) in [6, 6.07) is 0. The van der Waals surface area contributed by atoms with Crippen molar-refractivity contribution in [3.8, 4) is 0 Å². The van der Waals surface area contributed by atoms with E-state index in [1.54, 1.807) is 0 Å². The summed E-state index contributed by atoms with van der Waals surface area (Å²) in [5.41, 5.74) is -0.218. The standard InChI is InChI=1S/C10H21NO2/c1-4-10(5-2,9-13)8-11(3)6-7-12/h9,12H,4-8H2,1-3H3. The van der Waals surface area contributed by atoms with Crippen LogP contribution in [0.25, 0.3) is 0 Å². The Morgan fingerprint density at radius 3 is 2.23 bits per heavy atom. The topological polar surface area (TPSA) is 40.5 Å². The Hall–Kier alpha value is -0.410. The van der Waals surface area contributed by atoms with Gasteiger partial charge in [-0.2, -0.15) is 0 Å². The molecule has 0 rings (SSSR count). The third-order valence-electron chi connectivity index (χ3n) is 2.72. The number of hydrogen-bond donors (Lipinski definition) is 1. The van der Waals surface area contributed by atoms with Gasteiger partial charge in [-0.25, -0.2) is 0 Å². The molecular weight excluding hydrogens is 166 g/mol. The molecule has 78 valence electrons. The van der Waals surface area contributed by atoms with E-state index in [0.717, 1.165) is 25.7 Å². The number of aliphatic hydroxyl groups is 1. The Morgan fingerprint density at radius 2 is 1.92 bits per heavy atom. The number of likely N-dealkylation sites (N-methyl/N-ethyl adjacent to an activating group) is 1. The summed E-state index contributed by atoms with van der Waals surface area (Å²) in [6.07, 6.45) is 2.78. The van der Waals surface area contributed by atoms with Crippen LogP contribution >= 0.6 is 0 Å². The van der Waals surface area contributed by atoms with Gasteiger partial charge < -0.3 is 14.8 Å². The Kier molecular flexibility index (Phi) is 5.91. The highest BCUT2D eigenvalue weighted by molar-refractivity contribution is 5.59. The van der Waals surface area contributed by atoms with Crippen molar-refractivity contribution in [2.45, 2.75) is 26.7 Å². The van der Waals surface area contributed by atoms with Crippen molar-refractivity contribution >= 4 is 6.29 Å². The molecule has 0 bridgehead atoms. The number of aliphatic hydroxyl groups excluding tert-OH is 1. The zero-order valence-electron chi connectivity index (χ0n) is 8.92. The van der Waals surface area contributed by atoms with E-state index in [4.69, 9.17) is 5.11 Å². The van der Waals surface area contributed by atoms with Crippen molar-refractivity contribution in [3.63, 3.8) is 0 Å². The molecule has 0 aliphatic rings. The van der Waals surface area contributed by atoms with Crippen LogP contribution in [0.3, 0.4) is 0 Å². The van der Waals surface area contributed by atoms with Gasteiger partial charge in [0.25, 0.3) is 0 Å². The molecule has 0 atom stereocenters. The van der Waals surface area contributed by atoms with Crippen LogP contribution in [0.1, 0.15) is 26.7 Å². The molecule has 0 unspecified atom stereocenters. The zero-order valence-corrected chi connectivity index (χ0v) is 8.92. The van der Waals surface area contributed by atoms with Crippen molar-refractivity contribution in [2.75, 3.05) is 26.7 Å². The second-order valence-corrected chi connectivity index (χ2v) is 3.65. The number of nitrogens with zero attached hydrogens (tertiary/aromatic N) is 1. The summed E-state index contributed by atoms with van der Waals surface area (Å²) in [7, 11) is 1.93. The van der Waals surface area contributed by atoms with Gasteiger partial charge in [0.05, 0.1) is 6.61 Å². The summed E-state index contributed by atoms with van der Waals surface area (Å²) in [5.74, 6) is 0. The first-order valence-electron chi connectivity index (χ1n) is 4.90. The molecule has 13 heavy (non-hydrogen) atoms. The molecule has 0 radical (unpaired) electrons. The lowest BCUT2D eigenvalue weighted by Crippen LogP contribution is -2.37. The van der Waals surface area contributed by atoms with Crippen LogP contribution < -0.4 is 0 Å². The van der Waals surface area contributed by atoms with Crippen LogP contribution in [-0.2, 0) is 4.79 Å². The molecule has 0 aromatic carbocycles. The van der Waals surface area contributed by atoms with E-state index in [1.165, 1.54) is 0 Å². The van der Waals surface area contributed by atoms with E-state index < -0.39 is 0 Å². The first-order valence-corrected chi connectivity index (χ1v) is 4.90. The van der Waals surface area contributed by atoms with E-state index in [1.807, 2.05) is 25.8 Å². The normalized spacial score (nSPS) is 12.1. The van der Waals surface area contributed by atoms with Crippen LogP contribution in [-0.4, -0.2) is 43.0 Å². The van der Waals surface area contributed by atoms with Crippen molar-refractivity contribution in [1.82, 2.24) is 4.90 Å². The molecule has 0 aliphatic carbocycles. The molecule has 0 saturated carbocycles. The minimum absolute atomic E-state index is 0.152. The van der Waals surface area contributed by atoms with Gasteiger partial charge in [0.1, 0.15) is 6.29 Å². The lowest BCUT2D eigenvalue weighted by molar-refractivity contribution is -0.117. The minimum atomic E-state index is -0.218. The smallest absolute Gasteiger partial charge is 0.127 e. The fourth-order valence-electron chi connectivity index (χ4n) is 1.46. The molecule has 0 amide bonds. The summed E-state index contributed by atoms with van der Waals surface area (Å²) in [6.45, 7) is 5.59. The number of aldehydes is 1. The molecule has 0 spiro atoms. The maximum atomic E-state index is 10.9. The molecule has 0 heterocycles. The van der Waals surface area contributed by atoms with E-state index >= 15 is 0 Å². The van der Waals surface area contributed by atoms with Gasteiger partial charge in [-0.1, -0.05) is 13.8 Å². The number of carbonyl (C=O) groups excluding carboxylic acids is 1. The van der Waals surface area contributed by atoms with E-state index in [-0.39, 0.29) is 12.0 Å². The van der Waals surface area contributed by atoms with Gasteiger partial charge in [-0.3, -0.25) is 0 Å². The van der Waals surface area contributed by atoms with Gasteiger partial charge >= 0.3 is 0 Å². The van der Waals surface area contributed by atoms with E-state index in [2.05, 4.69) is 0 Å². The first kappa shape index (κ1) is 12.6. The predicted octanol–water partition coefficient (Wildman–Crippen LogP) is 0.916. The van der Waals surface area contributed by atoms with Crippen LogP contribution in [0.5, 0.6) is 0 Å². The Morgan fingerprint density at radius 1 is 1.38 bits per heavy atom. The quantitative estimate of drug-likeness (QED) is 0.602. The SMILES string of the molecule is CCC(C=O)(CC)CN(C)CCO. The molecule has 3 nitrogen and oxygen atoms in total. The molecule has 0 saturated heterocycles. The van der Waals surface area contributed by atoms with Crippen molar-refractivity contribution < 1.29 is 9.90 Å². The van der Waals surface area contributed by atoms with Gasteiger partial charge in [-0.05, 0) is 19.9 Å². The predicted molar refractivity (Wildman–Crippen MR) is 53.7 cm³/mol. The number of carbonyl (C=O) groups is 1. The van der Waals surface area contributed by atoms with Gasteiger partial charge in [0.2, 0.25) is 0 Å². The van der Waals surface area contributed by atoms with Crippen molar-refractivity contribution in [2.24, 2.45) is 5.41 Å². The summed E-state index contributed by atoms with van der Waals surface area (Å²) in [5, 5.41) is 8.72. The molecular formula is C10H21NO2. The lowest BCUT2D eigenvalue weighted by atomic mass is 9.83. The first-order chi connectivity index (χ1) is 6.14. The Balaban J connectivity index is 4.15. The molecule has 0 aromatic rings. The Bertz CT molecular complexity index is 144. The third kappa shape index (κ3) is 3.87. The van der Waals surface area contributed by atoms with Gasteiger partial charge in [0, 0.05) is 18.5 Å². The van der Waals surface area contributed by atoms with E-state index in [0.29, 0.717) is 6.54 Å². The highest BCUT2D eigenvalue weighted by Crippen LogP contribution is 2.24. The highest BCUT2D eigenvalue weighted by Gasteiger charge is 2.26. The average Bonchev–Trinajstić information content (AvgIpc) is 2.15. The van der Waals surface area contributed by atoms with Crippen LogP contribution in [0.15, 0.2) is 0 Å². The summed E-state index contributed by atoms with van der Waals surface area (Å²) in [4.78, 5) is 12.9. The minimum Gasteiger partial charge on any atom is -0.395 e. The third-order valence-corrected chi connectivity index (χ3v) is 2.72. The fourth-order valence-corrected chi connectivity index (χ4v) is 1.46. The second-order valence-electron chi connectivity index (χ2n) is 3.65. The molecule has 0 aromatic heterocycles. The molecule has 1 N–H and O–H groups in total. The Labute approximate surface area is 80.7 Å². The maximum Gasteiger partial charge on any atom is 0.127 e. The van der Waals surface area contributed by atoms with Crippen LogP contribution in [0.2, 0.25) is 0 Å². The summed E-state index contributed by atoms with van der Waals surface area (Å²) < 4.78 is 0. The molecule has 0 fully saturated rings.